The molecule has 1 radical (unpaired) electrons. The molecule has 1 unspecified atom stereocenters. The standard InChI is InChI=1S/C17H9O2S4/c1-6-16(5)20-11-9(4)12-14(10(15(18)19)13(11)21-16)23-17(7-2,8-3)22-12/h1-3H,4H2,5H3,(H,18,19). The Bertz CT molecular complexity index is 868. The lowest BCUT2D eigenvalue weighted by molar-refractivity contribution is 0.0688. The Morgan fingerprint density at radius 3 is 2.00 bits per heavy atom. The smallest absolute Gasteiger partial charge is 0.338 e. The number of thioether (sulfide) groups is 4. The van der Waals surface area contributed by atoms with E-state index in [0.717, 1.165) is 15.4 Å². The predicted octanol–water partition coefficient (Wildman–Crippen LogP) is 4.27. The van der Waals surface area contributed by atoms with Crippen molar-refractivity contribution in [3.63, 3.8) is 0 Å². The maximum absolute atomic E-state index is 11.9. The highest BCUT2D eigenvalue weighted by Crippen LogP contribution is 2.65. The minimum Gasteiger partial charge on any atom is -0.478 e. The van der Waals surface area contributed by atoms with Crippen LogP contribution >= 0.6 is 47.0 Å². The number of fused-ring (bicyclic) bond motifs is 2. The van der Waals surface area contributed by atoms with E-state index < -0.39 is 14.1 Å². The molecule has 0 saturated heterocycles. The molecule has 1 aromatic rings. The maximum Gasteiger partial charge on any atom is 0.338 e. The van der Waals surface area contributed by atoms with E-state index in [2.05, 4.69) is 24.7 Å². The molecule has 0 fully saturated rings. The second-order valence-electron chi connectivity index (χ2n) is 4.88. The van der Waals surface area contributed by atoms with Gasteiger partial charge in [0.25, 0.3) is 0 Å². The monoisotopic (exact) mass is 373 g/mol. The summed E-state index contributed by atoms with van der Waals surface area (Å²) in [5, 5.41) is 9.74. The van der Waals surface area contributed by atoms with Crippen LogP contribution in [0.25, 0.3) is 0 Å². The minimum absolute atomic E-state index is 0.226. The normalized spacial score (nSPS) is 23.3. The number of benzene rings is 1. The summed E-state index contributed by atoms with van der Waals surface area (Å²) in [6.07, 6.45) is 16.8. The molecule has 2 nitrogen and oxygen atoms in total. The van der Waals surface area contributed by atoms with Crippen molar-refractivity contribution < 1.29 is 9.90 Å². The number of carboxylic acids is 1. The lowest BCUT2D eigenvalue weighted by Crippen LogP contribution is -2.10. The molecule has 0 amide bonds. The fourth-order valence-corrected chi connectivity index (χ4v) is 7.77. The molecular weight excluding hydrogens is 364 g/mol. The summed E-state index contributed by atoms with van der Waals surface area (Å²) in [5.41, 5.74) is 0.977. The third-order valence-electron chi connectivity index (χ3n) is 3.36. The number of rotatable bonds is 1. The highest BCUT2D eigenvalue weighted by atomic mass is 32.2. The molecule has 113 valence electrons. The second-order valence-corrected chi connectivity index (χ2v) is 10.7. The molecular formula is C17H9O2S4. The van der Waals surface area contributed by atoms with Crippen LogP contribution in [0.2, 0.25) is 0 Å². The molecule has 2 aliphatic heterocycles. The molecule has 2 heterocycles. The van der Waals surface area contributed by atoms with E-state index in [4.69, 9.17) is 19.3 Å². The molecule has 0 saturated carbocycles. The van der Waals surface area contributed by atoms with Gasteiger partial charge in [0.15, 0.2) is 4.08 Å². The van der Waals surface area contributed by atoms with Gasteiger partial charge in [-0.05, 0) is 19.4 Å². The van der Waals surface area contributed by atoms with Crippen molar-refractivity contribution in [2.24, 2.45) is 0 Å². The largest absolute Gasteiger partial charge is 0.478 e. The van der Waals surface area contributed by atoms with E-state index >= 15 is 0 Å². The molecule has 0 bridgehead atoms. The molecule has 1 N–H and O–H groups in total. The SMILES string of the molecule is C#CC1(C)Sc2c([CH2])c3c(c(C(=O)O)c2S1)SC(C#C)(C#C)S3. The van der Waals surface area contributed by atoms with Gasteiger partial charge in [-0.1, -0.05) is 64.8 Å². The van der Waals surface area contributed by atoms with Gasteiger partial charge in [-0.15, -0.1) is 19.3 Å². The van der Waals surface area contributed by atoms with E-state index in [1.165, 1.54) is 47.0 Å². The van der Waals surface area contributed by atoms with Gasteiger partial charge in [0.1, 0.15) is 4.08 Å². The first-order valence-electron chi connectivity index (χ1n) is 6.28. The van der Waals surface area contributed by atoms with Crippen LogP contribution in [0.15, 0.2) is 19.6 Å². The van der Waals surface area contributed by atoms with Crippen LogP contribution < -0.4 is 0 Å². The topological polar surface area (TPSA) is 37.3 Å². The summed E-state index contributed by atoms with van der Waals surface area (Å²) in [6, 6.07) is 0. The van der Waals surface area contributed by atoms with Crippen LogP contribution in [0.5, 0.6) is 0 Å². The van der Waals surface area contributed by atoms with Gasteiger partial charge in [-0.25, -0.2) is 4.79 Å². The number of hydrogen-bond acceptors (Lipinski definition) is 5. The van der Waals surface area contributed by atoms with Gasteiger partial charge < -0.3 is 5.11 Å². The van der Waals surface area contributed by atoms with Gasteiger partial charge >= 0.3 is 5.97 Å². The summed E-state index contributed by atoms with van der Waals surface area (Å²) >= 11 is 5.35. The van der Waals surface area contributed by atoms with Crippen molar-refractivity contribution in [1.29, 1.82) is 0 Å². The third kappa shape index (κ3) is 2.35. The van der Waals surface area contributed by atoms with Gasteiger partial charge in [0, 0.05) is 19.6 Å². The first-order valence-corrected chi connectivity index (χ1v) is 9.55. The molecule has 3 rings (SSSR count). The van der Waals surface area contributed by atoms with Crippen molar-refractivity contribution in [1.82, 2.24) is 0 Å². The summed E-state index contributed by atoms with van der Waals surface area (Å²) in [6.45, 7) is 6.03. The summed E-state index contributed by atoms with van der Waals surface area (Å²) in [7, 11) is 0. The lowest BCUT2D eigenvalue weighted by Gasteiger charge is -2.13. The lowest BCUT2D eigenvalue weighted by atomic mass is 10.1. The molecule has 1 atom stereocenters. The molecule has 6 heteroatoms. The van der Waals surface area contributed by atoms with E-state index in [1.807, 2.05) is 6.92 Å². The number of hydrogen-bond donors (Lipinski definition) is 1. The average molecular weight is 374 g/mol. The fourth-order valence-electron chi connectivity index (χ4n) is 2.25. The Hall–Kier alpha value is -1.23. The van der Waals surface area contributed by atoms with Gasteiger partial charge in [-0.3, -0.25) is 0 Å². The van der Waals surface area contributed by atoms with Gasteiger partial charge in [0.05, 0.1) is 5.56 Å². The first-order chi connectivity index (χ1) is 10.8. The average Bonchev–Trinajstić information content (AvgIpc) is 3.07. The Labute approximate surface area is 152 Å². The molecule has 0 aromatic heterocycles. The quantitative estimate of drug-likeness (QED) is 0.741. The fraction of sp³-hybridized carbons (Fsp3) is 0.176. The van der Waals surface area contributed by atoms with Gasteiger partial charge in [0.2, 0.25) is 0 Å². The Balaban J connectivity index is 2.29. The second kappa shape index (κ2) is 5.40. The zero-order valence-corrected chi connectivity index (χ0v) is 15.2. The number of aromatic carboxylic acids is 1. The van der Waals surface area contributed by atoms with Gasteiger partial charge in [-0.2, -0.15) is 0 Å². The predicted molar refractivity (Wildman–Crippen MR) is 98.9 cm³/mol. The van der Waals surface area contributed by atoms with E-state index in [1.54, 1.807) is 0 Å². The highest BCUT2D eigenvalue weighted by Gasteiger charge is 2.46. The highest BCUT2D eigenvalue weighted by molar-refractivity contribution is 8.22. The van der Waals surface area contributed by atoms with Crippen molar-refractivity contribution in [3.05, 3.63) is 18.1 Å². The van der Waals surface area contributed by atoms with Crippen molar-refractivity contribution in [3.8, 4) is 37.0 Å². The van der Waals surface area contributed by atoms with Crippen LogP contribution in [0.1, 0.15) is 22.8 Å². The number of carbonyl (C=O) groups is 1. The van der Waals surface area contributed by atoms with Crippen molar-refractivity contribution in [2.45, 2.75) is 34.7 Å². The molecule has 2 aliphatic rings. The van der Waals surface area contributed by atoms with Crippen molar-refractivity contribution >= 4 is 53.0 Å². The van der Waals surface area contributed by atoms with Crippen LogP contribution in [0.3, 0.4) is 0 Å². The summed E-state index contributed by atoms with van der Waals surface area (Å²) < 4.78 is -1.47. The molecule has 0 spiro atoms. The third-order valence-corrected chi connectivity index (χ3v) is 9.21. The Morgan fingerprint density at radius 1 is 1.00 bits per heavy atom. The zero-order valence-electron chi connectivity index (χ0n) is 11.9. The number of terminal acetylenes is 3. The van der Waals surface area contributed by atoms with Crippen LogP contribution in [0.4, 0.5) is 0 Å². The van der Waals surface area contributed by atoms with E-state index in [-0.39, 0.29) is 5.56 Å². The molecule has 1 aromatic carbocycles. The Kier molecular flexibility index (Phi) is 3.90. The molecule has 23 heavy (non-hydrogen) atoms. The van der Waals surface area contributed by atoms with Crippen molar-refractivity contribution in [2.75, 3.05) is 0 Å². The van der Waals surface area contributed by atoms with Crippen LogP contribution in [0, 0.1) is 44.0 Å². The zero-order chi connectivity index (χ0) is 17.0. The summed E-state index contributed by atoms with van der Waals surface area (Å²) in [4.78, 5) is 14.7. The van der Waals surface area contributed by atoms with E-state index in [9.17, 15) is 9.90 Å². The van der Waals surface area contributed by atoms with E-state index in [0.29, 0.717) is 9.79 Å². The maximum atomic E-state index is 11.9. The van der Waals surface area contributed by atoms with Crippen LogP contribution in [-0.4, -0.2) is 19.2 Å². The molecule has 0 aliphatic carbocycles. The van der Waals surface area contributed by atoms with Crippen LogP contribution in [-0.2, 0) is 0 Å². The summed E-state index contributed by atoms with van der Waals surface area (Å²) in [5.74, 6) is 6.90. The minimum atomic E-state index is -1.01. The first kappa shape index (κ1) is 16.6. The Morgan fingerprint density at radius 2 is 1.48 bits per heavy atom. The number of carboxylic acid groups (broad SMARTS) is 1.